The Bertz CT molecular complexity index is 883. The zero-order valence-corrected chi connectivity index (χ0v) is 16.4. The summed E-state index contributed by atoms with van der Waals surface area (Å²) in [7, 11) is 0. The number of amides is 1. The molecule has 1 aliphatic heterocycles. The number of pyridine rings is 1. The average molecular weight is 404 g/mol. The number of benzene rings is 2. The van der Waals surface area contributed by atoms with Crippen molar-refractivity contribution in [2.24, 2.45) is 5.92 Å². The molecule has 0 radical (unpaired) electrons. The van der Waals surface area contributed by atoms with Gasteiger partial charge in [0.15, 0.2) is 0 Å². The molecule has 1 amide bonds. The second kappa shape index (κ2) is 9.70. The smallest absolute Gasteiger partial charge is 0.251 e. The van der Waals surface area contributed by atoms with E-state index in [1.54, 1.807) is 6.20 Å². The molecule has 0 saturated carbocycles. The minimum atomic E-state index is -0.0283. The Morgan fingerprint density at radius 2 is 1.89 bits per heavy atom. The number of halogens is 2. The number of aromatic nitrogens is 1. The molecule has 1 fully saturated rings. The van der Waals surface area contributed by atoms with Gasteiger partial charge in [-0.2, -0.15) is 0 Å². The second-order valence-electron chi connectivity index (χ2n) is 6.55. The number of carbonyl (C=O) groups is 1. The van der Waals surface area contributed by atoms with Gasteiger partial charge in [0.05, 0.1) is 6.04 Å². The van der Waals surface area contributed by atoms with Gasteiger partial charge in [0.25, 0.3) is 5.91 Å². The average Bonchev–Trinajstić information content (AvgIpc) is 3.20. The molecule has 1 saturated heterocycles. The van der Waals surface area contributed by atoms with Gasteiger partial charge in [-0.1, -0.05) is 36.4 Å². The summed E-state index contributed by atoms with van der Waals surface area (Å²) in [5, 5.41) is 8.73. The summed E-state index contributed by atoms with van der Waals surface area (Å²) in [6.45, 7) is 1.94. The Hall–Kier alpha value is -2.14. The number of nitrogens with zero attached hydrogens (tertiary/aromatic N) is 1. The first-order valence-electron chi connectivity index (χ1n) is 8.71. The van der Waals surface area contributed by atoms with E-state index in [1.807, 2.05) is 48.7 Å². The SMILES string of the molecule is Cl.Cl.O=C(N[C@H](c1ccccc1)[C@@H]1CCNC1)c1ccc2cnccc2c1. The minimum absolute atomic E-state index is 0. The highest BCUT2D eigenvalue weighted by atomic mass is 35.5. The van der Waals surface area contributed by atoms with Crippen LogP contribution in [0.5, 0.6) is 0 Å². The maximum atomic E-state index is 12.9. The fourth-order valence-corrected chi connectivity index (χ4v) is 3.54. The van der Waals surface area contributed by atoms with Crippen LogP contribution >= 0.6 is 24.8 Å². The lowest BCUT2D eigenvalue weighted by molar-refractivity contribution is 0.0924. The Morgan fingerprint density at radius 1 is 1.07 bits per heavy atom. The van der Waals surface area contributed by atoms with Crippen LogP contribution in [0.3, 0.4) is 0 Å². The van der Waals surface area contributed by atoms with E-state index in [2.05, 4.69) is 27.8 Å². The van der Waals surface area contributed by atoms with Crippen LogP contribution in [-0.4, -0.2) is 24.0 Å². The summed E-state index contributed by atoms with van der Waals surface area (Å²) in [6.07, 6.45) is 4.64. The zero-order valence-electron chi connectivity index (χ0n) is 14.8. The van der Waals surface area contributed by atoms with Crippen LogP contribution in [0, 0.1) is 5.92 Å². The second-order valence-corrected chi connectivity index (χ2v) is 6.55. The molecule has 6 heteroatoms. The third kappa shape index (κ3) is 4.78. The van der Waals surface area contributed by atoms with E-state index in [4.69, 9.17) is 0 Å². The van der Waals surface area contributed by atoms with Gasteiger partial charge in [-0.15, -0.1) is 24.8 Å². The molecule has 4 nitrogen and oxygen atoms in total. The van der Waals surface area contributed by atoms with E-state index in [9.17, 15) is 4.79 Å². The molecule has 2 atom stereocenters. The number of fused-ring (bicyclic) bond motifs is 1. The lowest BCUT2D eigenvalue weighted by Crippen LogP contribution is -2.34. The van der Waals surface area contributed by atoms with Crippen molar-refractivity contribution in [2.75, 3.05) is 13.1 Å². The van der Waals surface area contributed by atoms with Crippen molar-refractivity contribution in [3.8, 4) is 0 Å². The maximum Gasteiger partial charge on any atom is 0.251 e. The number of hydrogen-bond acceptors (Lipinski definition) is 3. The standard InChI is InChI=1S/C21H21N3O.2ClH/c25-21(17-6-7-18-13-22-10-8-16(18)12-17)24-20(19-9-11-23-14-19)15-4-2-1-3-5-15;;/h1-8,10,12-13,19-20,23H,9,11,14H2,(H,24,25);2*1H/t19-,20-;;/m1../s1. The lowest BCUT2D eigenvalue weighted by atomic mass is 9.92. The monoisotopic (exact) mass is 403 g/mol. The molecule has 2 aromatic carbocycles. The van der Waals surface area contributed by atoms with Crippen molar-refractivity contribution in [1.82, 2.24) is 15.6 Å². The van der Waals surface area contributed by atoms with E-state index >= 15 is 0 Å². The van der Waals surface area contributed by atoms with E-state index in [0.717, 1.165) is 35.8 Å². The van der Waals surface area contributed by atoms with Gasteiger partial charge in [0.1, 0.15) is 0 Å². The Labute approximate surface area is 171 Å². The van der Waals surface area contributed by atoms with Crippen LogP contribution in [0.15, 0.2) is 67.0 Å². The quantitative estimate of drug-likeness (QED) is 0.687. The summed E-state index contributed by atoms with van der Waals surface area (Å²) in [5.74, 6) is 0.385. The van der Waals surface area contributed by atoms with Crippen molar-refractivity contribution in [3.63, 3.8) is 0 Å². The zero-order chi connectivity index (χ0) is 17.1. The van der Waals surface area contributed by atoms with Crippen molar-refractivity contribution in [3.05, 3.63) is 78.1 Å². The summed E-state index contributed by atoms with van der Waals surface area (Å²) >= 11 is 0. The highest BCUT2D eigenvalue weighted by Crippen LogP contribution is 2.27. The molecule has 1 aliphatic rings. The van der Waals surface area contributed by atoms with Crippen molar-refractivity contribution in [1.29, 1.82) is 0 Å². The predicted octanol–water partition coefficient (Wildman–Crippen LogP) is 4.16. The largest absolute Gasteiger partial charge is 0.345 e. The van der Waals surface area contributed by atoms with Gasteiger partial charge in [0.2, 0.25) is 0 Å². The van der Waals surface area contributed by atoms with Gasteiger partial charge in [0, 0.05) is 29.9 Å². The molecule has 0 unspecified atom stereocenters. The third-order valence-corrected chi connectivity index (χ3v) is 4.92. The molecule has 3 aromatic rings. The molecule has 4 rings (SSSR count). The number of carbonyl (C=O) groups excluding carboxylic acids is 1. The molecule has 0 aliphatic carbocycles. The van der Waals surface area contributed by atoms with Crippen LogP contribution in [0.2, 0.25) is 0 Å². The molecule has 0 bridgehead atoms. The maximum absolute atomic E-state index is 12.9. The van der Waals surface area contributed by atoms with Gasteiger partial charge < -0.3 is 10.6 Å². The number of nitrogens with one attached hydrogen (secondary N) is 2. The summed E-state index contributed by atoms with van der Waals surface area (Å²) in [5.41, 5.74) is 1.85. The normalized spacial score (nSPS) is 16.8. The Kier molecular flexibility index (Phi) is 7.60. The fraction of sp³-hybridized carbons (Fsp3) is 0.238. The number of hydrogen-bond donors (Lipinski definition) is 2. The molecule has 2 heterocycles. The van der Waals surface area contributed by atoms with Crippen molar-refractivity contribution < 1.29 is 4.79 Å². The minimum Gasteiger partial charge on any atom is -0.345 e. The predicted molar refractivity (Wildman–Crippen MR) is 114 cm³/mol. The van der Waals surface area contributed by atoms with Crippen molar-refractivity contribution in [2.45, 2.75) is 12.5 Å². The molecule has 0 spiro atoms. The fourth-order valence-electron chi connectivity index (χ4n) is 3.54. The highest BCUT2D eigenvalue weighted by Gasteiger charge is 2.27. The molecule has 1 aromatic heterocycles. The third-order valence-electron chi connectivity index (χ3n) is 4.92. The number of rotatable bonds is 4. The van der Waals surface area contributed by atoms with Crippen LogP contribution in [0.25, 0.3) is 10.8 Å². The molecule has 142 valence electrons. The first kappa shape index (κ1) is 21.2. The first-order valence-corrected chi connectivity index (χ1v) is 8.71. The van der Waals surface area contributed by atoms with Gasteiger partial charge in [-0.3, -0.25) is 9.78 Å². The van der Waals surface area contributed by atoms with Crippen LogP contribution in [0.4, 0.5) is 0 Å². The first-order chi connectivity index (χ1) is 12.3. The summed E-state index contributed by atoms with van der Waals surface area (Å²) in [6, 6.07) is 18.0. The summed E-state index contributed by atoms with van der Waals surface area (Å²) < 4.78 is 0. The van der Waals surface area contributed by atoms with E-state index in [-0.39, 0.29) is 36.8 Å². The topological polar surface area (TPSA) is 54.0 Å². The highest BCUT2D eigenvalue weighted by molar-refractivity contribution is 5.98. The Morgan fingerprint density at radius 3 is 2.63 bits per heavy atom. The molecular formula is C21H23Cl2N3O. The van der Waals surface area contributed by atoms with Gasteiger partial charge in [-0.05, 0) is 48.0 Å². The van der Waals surface area contributed by atoms with E-state index in [0.29, 0.717) is 11.5 Å². The van der Waals surface area contributed by atoms with Gasteiger partial charge in [-0.25, -0.2) is 0 Å². The van der Waals surface area contributed by atoms with E-state index in [1.165, 1.54) is 0 Å². The Balaban J connectivity index is 0.00000131. The molecule has 27 heavy (non-hydrogen) atoms. The van der Waals surface area contributed by atoms with E-state index < -0.39 is 0 Å². The van der Waals surface area contributed by atoms with Gasteiger partial charge >= 0.3 is 0 Å². The summed E-state index contributed by atoms with van der Waals surface area (Å²) in [4.78, 5) is 17.0. The molecular weight excluding hydrogens is 381 g/mol. The van der Waals surface area contributed by atoms with Crippen molar-refractivity contribution >= 4 is 41.5 Å². The van der Waals surface area contributed by atoms with Crippen LogP contribution < -0.4 is 10.6 Å². The van der Waals surface area contributed by atoms with Crippen LogP contribution in [0.1, 0.15) is 28.4 Å². The molecule has 2 N–H and O–H groups in total. The lowest BCUT2D eigenvalue weighted by Gasteiger charge is -2.25. The van der Waals surface area contributed by atoms with Crippen LogP contribution in [-0.2, 0) is 0 Å².